The summed E-state index contributed by atoms with van der Waals surface area (Å²) < 4.78 is 0. The minimum atomic E-state index is 0.0647. The van der Waals surface area contributed by atoms with Gasteiger partial charge in [-0.1, -0.05) is 20.4 Å². The number of carbonyl (C=O) groups is 1. The highest BCUT2D eigenvalue weighted by molar-refractivity contribution is 5.77. The van der Waals surface area contributed by atoms with Crippen LogP contribution in [-0.4, -0.2) is 37.0 Å². The van der Waals surface area contributed by atoms with E-state index in [9.17, 15) is 4.79 Å². The predicted octanol–water partition coefficient (Wildman–Crippen LogP) is 0.135. The predicted molar refractivity (Wildman–Crippen MR) is 56.6 cm³/mol. The van der Waals surface area contributed by atoms with Gasteiger partial charge in [0, 0.05) is 32.1 Å². The Morgan fingerprint density at radius 2 is 2.43 bits per heavy atom. The van der Waals surface area contributed by atoms with Crippen LogP contribution in [0.25, 0.3) is 0 Å². The first-order chi connectivity index (χ1) is 6.61. The number of rotatable bonds is 4. The molecule has 4 heteroatoms. The smallest absolute Gasteiger partial charge is 0.222 e. The van der Waals surface area contributed by atoms with Crippen molar-refractivity contribution in [2.45, 2.75) is 13.8 Å². The van der Waals surface area contributed by atoms with Gasteiger partial charge in [-0.15, -0.1) is 0 Å². The lowest BCUT2D eigenvalue weighted by Gasteiger charge is -2.18. The maximum absolute atomic E-state index is 11.2. The van der Waals surface area contributed by atoms with Gasteiger partial charge in [0.1, 0.15) is 0 Å². The molecule has 0 spiro atoms. The van der Waals surface area contributed by atoms with Crippen LogP contribution < -0.4 is 10.6 Å². The van der Waals surface area contributed by atoms with Crippen molar-refractivity contribution in [1.29, 1.82) is 0 Å². The first kappa shape index (κ1) is 10.9. The van der Waals surface area contributed by atoms with Gasteiger partial charge in [0.05, 0.1) is 5.82 Å². The fraction of sp³-hybridized carbons (Fsp3) is 0.700. The monoisotopic (exact) mass is 197 g/mol. The summed E-state index contributed by atoms with van der Waals surface area (Å²) in [6.45, 7) is 11.1. The fourth-order valence-corrected chi connectivity index (χ4v) is 1.35. The zero-order valence-electron chi connectivity index (χ0n) is 8.97. The molecule has 0 saturated carbocycles. The van der Waals surface area contributed by atoms with Gasteiger partial charge in [0.2, 0.25) is 5.91 Å². The Balaban J connectivity index is 2.15. The zero-order valence-corrected chi connectivity index (χ0v) is 8.97. The Morgan fingerprint density at radius 3 is 2.93 bits per heavy atom. The van der Waals surface area contributed by atoms with Crippen LogP contribution in [0.1, 0.15) is 13.8 Å². The van der Waals surface area contributed by atoms with Crippen molar-refractivity contribution in [1.82, 2.24) is 15.5 Å². The van der Waals surface area contributed by atoms with E-state index in [4.69, 9.17) is 0 Å². The second-order valence-corrected chi connectivity index (χ2v) is 3.81. The van der Waals surface area contributed by atoms with Crippen molar-refractivity contribution >= 4 is 5.91 Å². The number of hydrogen-bond acceptors (Lipinski definition) is 3. The standard InChI is InChI=1S/C10H19N3O/c1-8(2)10(14)12-5-7-13-6-4-11-9(13)3/h8,11H,3-7H2,1-2H3,(H,12,14). The topological polar surface area (TPSA) is 44.4 Å². The molecule has 0 aromatic carbocycles. The summed E-state index contributed by atoms with van der Waals surface area (Å²) in [5, 5.41) is 6.03. The van der Waals surface area contributed by atoms with Crippen molar-refractivity contribution in [3.8, 4) is 0 Å². The first-order valence-corrected chi connectivity index (χ1v) is 5.06. The third-order valence-corrected chi connectivity index (χ3v) is 2.30. The molecule has 14 heavy (non-hydrogen) atoms. The average molecular weight is 197 g/mol. The average Bonchev–Trinajstić information content (AvgIpc) is 2.51. The molecule has 80 valence electrons. The lowest BCUT2D eigenvalue weighted by Crippen LogP contribution is -2.35. The van der Waals surface area contributed by atoms with Gasteiger partial charge < -0.3 is 15.5 Å². The van der Waals surface area contributed by atoms with Crippen molar-refractivity contribution in [2.75, 3.05) is 26.2 Å². The van der Waals surface area contributed by atoms with E-state index in [-0.39, 0.29) is 11.8 Å². The summed E-state index contributed by atoms with van der Waals surface area (Å²) in [4.78, 5) is 13.4. The van der Waals surface area contributed by atoms with Crippen LogP contribution in [0.2, 0.25) is 0 Å². The normalized spacial score (nSPS) is 15.9. The van der Waals surface area contributed by atoms with E-state index in [0.717, 1.165) is 25.5 Å². The van der Waals surface area contributed by atoms with E-state index >= 15 is 0 Å². The summed E-state index contributed by atoms with van der Waals surface area (Å²) in [5.41, 5.74) is 0. The number of nitrogens with one attached hydrogen (secondary N) is 2. The number of carbonyl (C=O) groups excluding carboxylic acids is 1. The molecular formula is C10H19N3O. The van der Waals surface area contributed by atoms with Gasteiger partial charge in [0.25, 0.3) is 0 Å². The molecule has 1 fully saturated rings. The molecule has 0 radical (unpaired) electrons. The SMILES string of the molecule is C=C1NCCN1CCNC(=O)C(C)C. The van der Waals surface area contributed by atoms with E-state index in [0.29, 0.717) is 6.54 Å². The fourth-order valence-electron chi connectivity index (χ4n) is 1.35. The second kappa shape index (κ2) is 4.88. The Hall–Kier alpha value is -1.19. The number of hydrogen-bond donors (Lipinski definition) is 2. The van der Waals surface area contributed by atoms with Gasteiger partial charge in [-0.25, -0.2) is 0 Å². The maximum atomic E-state index is 11.2. The Bertz CT molecular complexity index is 225. The number of amides is 1. The van der Waals surface area contributed by atoms with E-state index in [2.05, 4.69) is 22.1 Å². The summed E-state index contributed by atoms with van der Waals surface area (Å²) in [7, 11) is 0. The molecule has 1 heterocycles. The number of nitrogens with zero attached hydrogens (tertiary/aromatic N) is 1. The molecule has 2 N–H and O–H groups in total. The highest BCUT2D eigenvalue weighted by atomic mass is 16.1. The minimum Gasteiger partial charge on any atom is -0.370 e. The Kier molecular flexibility index (Phi) is 3.80. The van der Waals surface area contributed by atoms with Gasteiger partial charge in [-0.05, 0) is 0 Å². The lowest BCUT2D eigenvalue weighted by atomic mass is 10.2. The largest absolute Gasteiger partial charge is 0.370 e. The third-order valence-electron chi connectivity index (χ3n) is 2.30. The van der Waals surface area contributed by atoms with Crippen LogP contribution in [0.5, 0.6) is 0 Å². The van der Waals surface area contributed by atoms with Gasteiger partial charge >= 0.3 is 0 Å². The van der Waals surface area contributed by atoms with E-state index in [1.165, 1.54) is 0 Å². The van der Waals surface area contributed by atoms with E-state index in [1.807, 2.05) is 13.8 Å². The van der Waals surface area contributed by atoms with Crippen LogP contribution in [0.4, 0.5) is 0 Å². The third kappa shape index (κ3) is 2.94. The summed E-state index contributed by atoms with van der Waals surface area (Å²) in [5.74, 6) is 1.14. The first-order valence-electron chi connectivity index (χ1n) is 5.06. The molecule has 1 aliphatic rings. The summed E-state index contributed by atoms with van der Waals surface area (Å²) >= 11 is 0. The molecule has 1 amide bonds. The zero-order chi connectivity index (χ0) is 10.6. The molecule has 0 aliphatic carbocycles. The molecule has 0 bridgehead atoms. The van der Waals surface area contributed by atoms with E-state index in [1.54, 1.807) is 0 Å². The Labute approximate surface area is 85.3 Å². The molecule has 1 rings (SSSR count). The molecule has 0 aromatic heterocycles. The highest BCUT2D eigenvalue weighted by Gasteiger charge is 2.13. The van der Waals surface area contributed by atoms with E-state index < -0.39 is 0 Å². The minimum absolute atomic E-state index is 0.0647. The van der Waals surface area contributed by atoms with Gasteiger partial charge in [0.15, 0.2) is 0 Å². The van der Waals surface area contributed by atoms with Crippen LogP contribution in [0, 0.1) is 5.92 Å². The maximum Gasteiger partial charge on any atom is 0.222 e. The molecule has 0 aromatic rings. The molecule has 1 aliphatic heterocycles. The summed E-state index contributed by atoms with van der Waals surface area (Å²) in [6, 6.07) is 0. The molecule has 1 saturated heterocycles. The van der Waals surface area contributed by atoms with Gasteiger partial charge in [-0.2, -0.15) is 0 Å². The highest BCUT2D eigenvalue weighted by Crippen LogP contribution is 2.02. The van der Waals surface area contributed by atoms with Crippen LogP contribution in [0.3, 0.4) is 0 Å². The molecule has 0 unspecified atom stereocenters. The van der Waals surface area contributed by atoms with Crippen LogP contribution in [-0.2, 0) is 4.79 Å². The Morgan fingerprint density at radius 1 is 1.71 bits per heavy atom. The van der Waals surface area contributed by atoms with Crippen molar-refractivity contribution in [2.24, 2.45) is 5.92 Å². The van der Waals surface area contributed by atoms with Crippen molar-refractivity contribution < 1.29 is 4.79 Å². The van der Waals surface area contributed by atoms with Crippen LogP contribution >= 0.6 is 0 Å². The molecular weight excluding hydrogens is 178 g/mol. The van der Waals surface area contributed by atoms with Crippen molar-refractivity contribution in [3.63, 3.8) is 0 Å². The summed E-state index contributed by atoms with van der Waals surface area (Å²) in [6.07, 6.45) is 0. The lowest BCUT2D eigenvalue weighted by molar-refractivity contribution is -0.124. The molecule has 0 atom stereocenters. The second-order valence-electron chi connectivity index (χ2n) is 3.81. The van der Waals surface area contributed by atoms with Crippen molar-refractivity contribution in [3.05, 3.63) is 12.4 Å². The quantitative estimate of drug-likeness (QED) is 0.673. The van der Waals surface area contributed by atoms with Crippen LogP contribution in [0.15, 0.2) is 12.4 Å². The van der Waals surface area contributed by atoms with Gasteiger partial charge in [-0.3, -0.25) is 4.79 Å². The molecule has 4 nitrogen and oxygen atoms in total.